The van der Waals surface area contributed by atoms with Crippen LogP contribution in [0.4, 0.5) is 0 Å². The molecule has 20 heavy (non-hydrogen) atoms. The van der Waals surface area contributed by atoms with E-state index in [0.717, 1.165) is 18.4 Å². The Kier molecular flexibility index (Phi) is 3.54. The van der Waals surface area contributed by atoms with Crippen molar-refractivity contribution in [1.29, 1.82) is 0 Å². The smallest absolute Gasteiger partial charge is 0.257 e. The van der Waals surface area contributed by atoms with Crippen LogP contribution in [0.2, 0.25) is 0 Å². The van der Waals surface area contributed by atoms with E-state index in [0.29, 0.717) is 24.4 Å². The van der Waals surface area contributed by atoms with E-state index in [1.807, 2.05) is 37.3 Å². The highest BCUT2D eigenvalue weighted by Gasteiger charge is 2.30. The Morgan fingerprint density at radius 2 is 2.10 bits per heavy atom. The molecule has 5 nitrogen and oxygen atoms in total. The number of hydrogen-bond donors (Lipinski definition) is 1. The van der Waals surface area contributed by atoms with Crippen molar-refractivity contribution in [3.05, 3.63) is 36.2 Å². The van der Waals surface area contributed by atoms with Crippen molar-refractivity contribution >= 4 is 0 Å². The molecule has 1 atom stereocenters. The van der Waals surface area contributed by atoms with Gasteiger partial charge in [0.1, 0.15) is 5.54 Å². The van der Waals surface area contributed by atoms with Gasteiger partial charge < -0.3 is 15.0 Å². The molecule has 106 valence electrons. The summed E-state index contributed by atoms with van der Waals surface area (Å²) in [5.41, 5.74) is 6.41. The van der Waals surface area contributed by atoms with Crippen LogP contribution in [0.1, 0.15) is 32.0 Å². The quantitative estimate of drug-likeness (QED) is 0.905. The van der Waals surface area contributed by atoms with E-state index in [1.165, 1.54) is 6.42 Å². The van der Waals surface area contributed by atoms with Crippen molar-refractivity contribution in [2.24, 2.45) is 5.73 Å². The molecule has 3 rings (SSSR count). The number of ether oxygens (including phenoxy) is 1. The monoisotopic (exact) mass is 273 g/mol. The molecule has 0 radical (unpaired) electrons. The normalized spacial score (nSPS) is 18.5. The zero-order valence-electron chi connectivity index (χ0n) is 11.6. The number of benzene rings is 1. The molecule has 1 unspecified atom stereocenters. The van der Waals surface area contributed by atoms with Crippen molar-refractivity contribution in [3.63, 3.8) is 0 Å². The maximum absolute atomic E-state index is 6.25. The summed E-state index contributed by atoms with van der Waals surface area (Å²) in [6.45, 7) is 2.27. The van der Waals surface area contributed by atoms with Crippen LogP contribution in [-0.2, 0) is 10.3 Å². The lowest BCUT2D eigenvalue weighted by molar-refractivity contribution is -0.0222. The Morgan fingerprint density at radius 3 is 2.75 bits per heavy atom. The van der Waals surface area contributed by atoms with Gasteiger partial charge in [-0.25, -0.2) is 0 Å². The molecule has 1 aromatic carbocycles. The summed E-state index contributed by atoms with van der Waals surface area (Å²) in [5.74, 6) is 0.969. The number of aromatic nitrogens is 2. The SMILES string of the molecule is CC(N)(COC1CCC1)c1noc(-c2ccccc2)n1. The number of rotatable bonds is 5. The van der Waals surface area contributed by atoms with E-state index in [9.17, 15) is 0 Å². The highest BCUT2D eigenvalue weighted by atomic mass is 16.5. The lowest BCUT2D eigenvalue weighted by Gasteiger charge is -2.29. The molecule has 0 spiro atoms. The Bertz CT molecular complexity index is 562. The number of nitrogens with zero attached hydrogens (tertiary/aromatic N) is 2. The molecule has 1 aromatic heterocycles. The molecule has 0 saturated heterocycles. The standard InChI is InChI=1S/C15H19N3O2/c1-15(16,10-19-12-8-5-9-12)14-17-13(20-18-14)11-6-3-2-4-7-11/h2-4,6-7,12H,5,8-10,16H2,1H3. The molecule has 1 fully saturated rings. The van der Waals surface area contributed by atoms with Gasteiger partial charge in [0.2, 0.25) is 0 Å². The fraction of sp³-hybridized carbons (Fsp3) is 0.467. The van der Waals surface area contributed by atoms with Crippen LogP contribution in [-0.4, -0.2) is 22.9 Å². The minimum atomic E-state index is -0.730. The second-order valence-corrected chi connectivity index (χ2v) is 5.57. The summed E-state index contributed by atoms with van der Waals surface area (Å²) in [6.07, 6.45) is 3.83. The Morgan fingerprint density at radius 1 is 1.35 bits per heavy atom. The van der Waals surface area contributed by atoms with Gasteiger partial charge in [-0.1, -0.05) is 23.4 Å². The number of nitrogens with two attached hydrogens (primary N) is 1. The van der Waals surface area contributed by atoms with Gasteiger partial charge in [0.05, 0.1) is 12.7 Å². The maximum Gasteiger partial charge on any atom is 0.257 e. The van der Waals surface area contributed by atoms with Crippen molar-refractivity contribution in [2.75, 3.05) is 6.61 Å². The highest BCUT2D eigenvalue weighted by Crippen LogP contribution is 2.25. The molecule has 1 heterocycles. The fourth-order valence-electron chi connectivity index (χ4n) is 2.05. The van der Waals surface area contributed by atoms with Crippen LogP contribution in [0.5, 0.6) is 0 Å². The van der Waals surface area contributed by atoms with Gasteiger partial charge in [-0.2, -0.15) is 4.98 Å². The highest BCUT2D eigenvalue weighted by molar-refractivity contribution is 5.52. The average Bonchev–Trinajstić information content (AvgIpc) is 2.88. The predicted octanol–water partition coefficient (Wildman–Crippen LogP) is 2.48. The summed E-state index contributed by atoms with van der Waals surface area (Å²) in [6, 6.07) is 9.66. The van der Waals surface area contributed by atoms with Crippen LogP contribution >= 0.6 is 0 Å². The molecule has 5 heteroatoms. The molecule has 0 aliphatic heterocycles. The second-order valence-electron chi connectivity index (χ2n) is 5.57. The molecule has 0 amide bonds. The van der Waals surface area contributed by atoms with Crippen LogP contribution in [0.3, 0.4) is 0 Å². The van der Waals surface area contributed by atoms with E-state index in [-0.39, 0.29) is 0 Å². The van der Waals surface area contributed by atoms with Crippen molar-refractivity contribution in [1.82, 2.24) is 10.1 Å². The summed E-state index contributed by atoms with van der Waals surface area (Å²) in [4.78, 5) is 4.39. The van der Waals surface area contributed by atoms with Crippen LogP contribution in [0.25, 0.3) is 11.5 Å². The molecular weight excluding hydrogens is 254 g/mol. The van der Waals surface area contributed by atoms with E-state index < -0.39 is 5.54 Å². The van der Waals surface area contributed by atoms with E-state index in [2.05, 4.69) is 10.1 Å². The topological polar surface area (TPSA) is 74.2 Å². The zero-order chi connectivity index (χ0) is 14.0. The average molecular weight is 273 g/mol. The van der Waals surface area contributed by atoms with Gasteiger partial charge in [-0.3, -0.25) is 0 Å². The summed E-state index contributed by atoms with van der Waals surface area (Å²) < 4.78 is 11.1. The Hall–Kier alpha value is -1.72. The largest absolute Gasteiger partial charge is 0.376 e. The Balaban J connectivity index is 1.71. The summed E-state index contributed by atoms with van der Waals surface area (Å²) in [5, 5.41) is 3.99. The van der Waals surface area contributed by atoms with Gasteiger partial charge in [0.15, 0.2) is 5.82 Å². The molecule has 1 saturated carbocycles. The van der Waals surface area contributed by atoms with Crippen LogP contribution in [0, 0.1) is 0 Å². The van der Waals surface area contributed by atoms with E-state index in [4.69, 9.17) is 15.0 Å². The lowest BCUT2D eigenvalue weighted by atomic mass is 9.95. The fourth-order valence-corrected chi connectivity index (χ4v) is 2.05. The minimum absolute atomic E-state index is 0.346. The predicted molar refractivity (Wildman–Crippen MR) is 74.9 cm³/mol. The first-order valence-corrected chi connectivity index (χ1v) is 6.95. The summed E-state index contributed by atoms with van der Waals surface area (Å²) in [7, 11) is 0. The third kappa shape index (κ3) is 2.73. The molecule has 2 aromatic rings. The zero-order valence-corrected chi connectivity index (χ0v) is 11.6. The molecule has 1 aliphatic rings. The second kappa shape index (κ2) is 5.34. The number of hydrogen-bond acceptors (Lipinski definition) is 5. The Labute approximate surface area is 118 Å². The minimum Gasteiger partial charge on any atom is -0.376 e. The van der Waals surface area contributed by atoms with E-state index >= 15 is 0 Å². The van der Waals surface area contributed by atoms with Gasteiger partial charge in [0.25, 0.3) is 5.89 Å². The van der Waals surface area contributed by atoms with Gasteiger partial charge >= 0.3 is 0 Å². The van der Waals surface area contributed by atoms with Crippen LogP contribution in [0.15, 0.2) is 34.9 Å². The molecular formula is C15H19N3O2. The summed E-state index contributed by atoms with van der Waals surface area (Å²) >= 11 is 0. The first kappa shape index (κ1) is 13.3. The molecule has 0 bridgehead atoms. The van der Waals surface area contributed by atoms with Crippen molar-refractivity contribution in [3.8, 4) is 11.5 Å². The first-order chi connectivity index (χ1) is 9.65. The van der Waals surface area contributed by atoms with Crippen molar-refractivity contribution in [2.45, 2.75) is 37.8 Å². The van der Waals surface area contributed by atoms with Crippen molar-refractivity contribution < 1.29 is 9.26 Å². The van der Waals surface area contributed by atoms with Gasteiger partial charge in [0, 0.05) is 5.56 Å². The third-order valence-corrected chi connectivity index (χ3v) is 3.63. The lowest BCUT2D eigenvalue weighted by Crippen LogP contribution is -2.41. The first-order valence-electron chi connectivity index (χ1n) is 6.95. The van der Waals surface area contributed by atoms with E-state index in [1.54, 1.807) is 0 Å². The van der Waals surface area contributed by atoms with Crippen LogP contribution < -0.4 is 5.73 Å². The van der Waals surface area contributed by atoms with Gasteiger partial charge in [-0.15, -0.1) is 0 Å². The maximum atomic E-state index is 6.25. The molecule has 1 aliphatic carbocycles. The molecule has 2 N–H and O–H groups in total. The van der Waals surface area contributed by atoms with Gasteiger partial charge in [-0.05, 0) is 38.3 Å². The third-order valence-electron chi connectivity index (χ3n) is 3.63.